The molecule has 2 aromatic rings. The van der Waals surface area contributed by atoms with Crippen molar-refractivity contribution >= 4 is 17.6 Å². The van der Waals surface area contributed by atoms with Gasteiger partial charge in [0, 0.05) is 45.0 Å². The SMILES string of the molecule is Cc1ccc(C)c(NC(=O)C(c2ccccc2)N2CCN(C(=O)N3CCOCC3)CC2)c1. The molecule has 2 heterocycles. The molecule has 1 atom stereocenters. The van der Waals surface area contributed by atoms with Gasteiger partial charge in [0.25, 0.3) is 0 Å². The number of carbonyl (C=O) groups is 2. The molecule has 0 bridgehead atoms. The predicted octanol–water partition coefficient (Wildman–Crippen LogP) is 3.05. The lowest BCUT2D eigenvalue weighted by Gasteiger charge is -2.41. The minimum atomic E-state index is -0.406. The summed E-state index contributed by atoms with van der Waals surface area (Å²) in [6.45, 7) is 9.02. The van der Waals surface area contributed by atoms with Crippen molar-refractivity contribution in [3.8, 4) is 0 Å². The molecule has 2 aliphatic rings. The number of carbonyl (C=O) groups excluding carboxylic acids is 2. The molecule has 7 nitrogen and oxygen atoms in total. The average Bonchev–Trinajstić information content (AvgIpc) is 2.83. The average molecular weight is 437 g/mol. The van der Waals surface area contributed by atoms with Gasteiger partial charge >= 0.3 is 6.03 Å². The Morgan fingerprint density at radius 2 is 1.53 bits per heavy atom. The van der Waals surface area contributed by atoms with Crippen molar-refractivity contribution in [2.45, 2.75) is 19.9 Å². The van der Waals surface area contributed by atoms with Crippen molar-refractivity contribution in [2.24, 2.45) is 0 Å². The third kappa shape index (κ3) is 5.11. The molecule has 170 valence electrons. The molecule has 0 aromatic heterocycles. The molecule has 3 amide bonds. The molecular formula is C25H32N4O3. The van der Waals surface area contributed by atoms with Crippen molar-refractivity contribution in [1.82, 2.24) is 14.7 Å². The Balaban J connectivity index is 1.47. The lowest BCUT2D eigenvalue weighted by Crippen LogP contribution is -2.56. The van der Waals surface area contributed by atoms with E-state index < -0.39 is 6.04 Å². The minimum absolute atomic E-state index is 0.0437. The monoisotopic (exact) mass is 436 g/mol. The Labute approximate surface area is 189 Å². The maximum atomic E-state index is 13.5. The maximum absolute atomic E-state index is 13.5. The number of rotatable bonds is 4. The molecule has 0 radical (unpaired) electrons. The molecule has 4 rings (SSSR count). The van der Waals surface area contributed by atoms with Gasteiger partial charge in [0.15, 0.2) is 0 Å². The Kier molecular flexibility index (Phi) is 7.07. The van der Waals surface area contributed by atoms with E-state index in [1.165, 1.54) is 0 Å². The van der Waals surface area contributed by atoms with Gasteiger partial charge in [0.2, 0.25) is 5.91 Å². The highest BCUT2D eigenvalue weighted by Crippen LogP contribution is 2.26. The fraction of sp³-hybridized carbons (Fsp3) is 0.440. The summed E-state index contributed by atoms with van der Waals surface area (Å²) in [4.78, 5) is 32.3. The van der Waals surface area contributed by atoms with E-state index in [9.17, 15) is 9.59 Å². The van der Waals surface area contributed by atoms with Crippen LogP contribution in [0.2, 0.25) is 0 Å². The molecule has 2 fully saturated rings. The van der Waals surface area contributed by atoms with Crippen LogP contribution >= 0.6 is 0 Å². The number of morpholine rings is 1. The molecular weight excluding hydrogens is 404 g/mol. The van der Waals surface area contributed by atoms with E-state index in [4.69, 9.17) is 4.74 Å². The van der Waals surface area contributed by atoms with Crippen LogP contribution < -0.4 is 5.32 Å². The van der Waals surface area contributed by atoms with Crippen LogP contribution in [0.3, 0.4) is 0 Å². The Hall–Kier alpha value is -2.90. The second-order valence-electron chi connectivity index (χ2n) is 8.53. The molecule has 7 heteroatoms. The summed E-state index contributed by atoms with van der Waals surface area (Å²) < 4.78 is 5.36. The van der Waals surface area contributed by atoms with Gasteiger partial charge in [0.1, 0.15) is 6.04 Å². The predicted molar refractivity (Wildman–Crippen MR) is 125 cm³/mol. The van der Waals surface area contributed by atoms with Crippen molar-refractivity contribution in [2.75, 3.05) is 57.8 Å². The standard InChI is InChI=1S/C25H32N4O3/c1-19-8-9-20(2)22(18-19)26-24(30)23(21-6-4-3-5-7-21)27-10-12-28(13-11-27)25(31)29-14-16-32-17-15-29/h3-9,18,23H,10-17H2,1-2H3,(H,26,30). The van der Waals surface area contributed by atoms with Crippen LogP contribution in [0.25, 0.3) is 0 Å². The third-order valence-corrected chi connectivity index (χ3v) is 6.25. The summed E-state index contributed by atoms with van der Waals surface area (Å²) in [7, 11) is 0. The summed E-state index contributed by atoms with van der Waals surface area (Å²) in [5, 5.41) is 3.15. The van der Waals surface area contributed by atoms with Gasteiger partial charge in [-0.1, -0.05) is 42.5 Å². The van der Waals surface area contributed by atoms with E-state index in [2.05, 4.69) is 10.2 Å². The van der Waals surface area contributed by atoms with Crippen LogP contribution in [0, 0.1) is 13.8 Å². The first-order valence-corrected chi connectivity index (χ1v) is 11.3. The van der Waals surface area contributed by atoms with Gasteiger partial charge in [-0.2, -0.15) is 0 Å². The summed E-state index contributed by atoms with van der Waals surface area (Å²) in [5.41, 5.74) is 3.95. The van der Waals surface area contributed by atoms with E-state index in [1.54, 1.807) is 0 Å². The second-order valence-corrected chi connectivity index (χ2v) is 8.53. The topological polar surface area (TPSA) is 65.1 Å². The summed E-state index contributed by atoms with van der Waals surface area (Å²) in [6, 6.07) is 15.6. The lowest BCUT2D eigenvalue weighted by atomic mass is 10.0. The van der Waals surface area contributed by atoms with Crippen molar-refractivity contribution in [3.05, 3.63) is 65.2 Å². The van der Waals surface area contributed by atoms with E-state index in [0.717, 1.165) is 22.4 Å². The number of aryl methyl sites for hydroxylation is 2. The Morgan fingerprint density at radius 3 is 2.22 bits per heavy atom. The molecule has 0 aliphatic carbocycles. The van der Waals surface area contributed by atoms with E-state index in [1.807, 2.05) is 72.2 Å². The molecule has 32 heavy (non-hydrogen) atoms. The molecule has 1 unspecified atom stereocenters. The van der Waals surface area contributed by atoms with Crippen LogP contribution in [0.5, 0.6) is 0 Å². The van der Waals surface area contributed by atoms with Crippen LogP contribution in [0.4, 0.5) is 10.5 Å². The molecule has 2 aliphatic heterocycles. The van der Waals surface area contributed by atoms with Gasteiger partial charge in [0.05, 0.1) is 13.2 Å². The first kappa shape index (κ1) is 22.3. The zero-order valence-corrected chi connectivity index (χ0v) is 18.9. The van der Waals surface area contributed by atoms with Gasteiger partial charge in [-0.05, 0) is 36.6 Å². The number of hydrogen-bond acceptors (Lipinski definition) is 4. The highest BCUT2D eigenvalue weighted by molar-refractivity contribution is 5.96. The lowest BCUT2D eigenvalue weighted by molar-refractivity contribution is -0.122. The first-order valence-electron chi connectivity index (χ1n) is 11.3. The minimum Gasteiger partial charge on any atom is -0.378 e. The van der Waals surface area contributed by atoms with Gasteiger partial charge < -0.3 is 19.9 Å². The van der Waals surface area contributed by atoms with Crippen LogP contribution in [-0.4, -0.2) is 79.1 Å². The number of urea groups is 1. The summed E-state index contributed by atoms with van der Waals surface area (Å²) in [6.07, 6.45) is 0. The number of hydrogen-bond donors (Lipinski definition) is 1. The van der Waals surface area contributed by atoms with E-state index in [-0.39, 0.29) is 11.9 Å². The molecule has 0 spiro atoms. The number of anilines is 1. The van der Waals surface area contributed by atoms with Crippen LogP contribution in [0.15, 0.2) is 48.5 Å². The highest BCUT2D eigenvalue weighted by atomic mass is 16.5. The van der Waals surface area contributed by atoms with Crippen molar-refractivity contribution in [1.29, 1.82) is 0 Å². The fourth-order valence-electron chi connectivity index (χ4n) is 4.36. The Bertz CT molecular complexity index is 935. The summed E-state index contributed by atoms with van der Waals surface area (Å²) in [5.74, 6) is -0.0437. The third-order valence-electron chi connectivity index (χ3n) is 6.25. The number of piperazine rings is 1. The van der Waals surface area contributed by atoms with Gasteiger partial charge in [-0.15, -0.1) is 0 Å². The van der Waals surface area contributed by atoms with Crippen molar-refractivity contribution in [3.63, 3.8) is 0 Å². The molecule has 1 N–H and O–H groups in total. The maximum Gasteiger partial charge on any atom is 0.320 e. The zero-order valence-electron chi connectivity index (χ0n) is 18.9. The largest absolute Gasteiger partial charge is 0.378 e. The second kappa shape index (κ2) is 10.1. The molecule has 2 saturated heterocycles. The Morgan fingerprint density at radius 1 is 0.875 bits per heavy atom. The number of nitrogens with zero attached hydrogens (tertiary/aromatic N) is 3. The van der Waals surface area contributed by atoms with E-state index in [0.29, 0.717) is 52.5 Å². The van der Waals surface area contributed by atoms with Crippen LogP contribution in [-0.2, 0) is 9.53 Å². The number of nitrogens with one attached hydrogen (secondary N) is 1. The highest BCUT2D eigenvalue weighted by Gasteiger charge is 2.33. The molecule has 2 aromatic carbocycles. The number of amides is 3. The summed E-state index contributed by atoms with van der Waals surface area (Å²) >= 11 is 0. The van der Waals surface area contributed by atoms with E-state index >= 15 is 0 Å². The zero-order chi connectivity index (χ0) is 22.5. The molecule has 0 saturated carbocycles. The smallest absolute Gasteiger partial charge is 0.320 e. The normalized spacial score (nSPS) is 18.3. The number of benzene rings is 2. The van der Waals surface area contributed by atoms with Crippen LogP contribution in [0.1, 0.15) is 22.7 Å². The first-order chi connectivity index (χ1) is 15.5. The fourth-order valence-corrected chi connectivity index (χ4v) is 4.36. The van der Waals surface area contributed by atoms with Gasteiger partial charge in [-0.3, -0.25) is 9.69 Å². The van der Waals surface area contributed by atoms with Gasteiger partial charge in [-0.25, -0.2) is 4.79 Å². The van der Waals surface area contributed by atoms with Crippen molar-refractivity contribution < 1.29 is 14.3 Å². The quantitative estimate of drug-likeness (QED) is 0.800. The number of ether oxygens (including phenoxy) is 1.